The monoisotopic (exact) mass is 337 g/mol. The normalized spacial score (nSPS) is 10.2. The van der Waals surface area contributed by atoms with Crippen LogP contribution in [0.15, 0.2) is 35.3 Å². The average Bonchev–Trinajstić information content (AvgIpc) is 3.12. The number of hydrogen-bond acceptors (Lipinski definition) is 6. The van der Waals surface area contributed by atoms with Gasteiger partial charge in [0.25, 0.3) is 0 Å². The summed E-state index contributed by atoms with van der Waals surface area (Å²) in [6, 6.07) is 3.36. The van der Waals surface area contributed by atoms with Gasteiger partial charge < -0.3 is 9.88 Å². The zero-order valence-electron chi connectivity index (χ0n) is 11.9. The van der Waals surface area contributed by atoms with Crippen molar-refractivity contribution in [3.63, 3.8) is 0 Å². The van der Waals surface area contributed by atoms with Crippen LogP contribution in [0.5, 0.6) is 0 Å². The molecule has 2 aromatic rings. The molecule has 0 aromatic carbocycles. The van der Waals surface area contributed by atoms with E-state index in [4.69, 9.17) is 0 Å². The summed E-state index contributed by atoms with van der Waals surface area (Å²) in [5.74, 6) is 0.437. The molecule has 2 aromatic heterocycles. The van der Waals surface area contributed by atoms with Gasteiger partial charge in [-0.3, -0.25) is 10.1 Å². The molecule has 0 saturated carbocycles. The molecule has 0 radical (unpaired) electrons. The Morgan fingerprint density at radius 2 is 2.32 bits per heavy atom. The van der Waals surface area contributed by atoms with Crippen molar-refractivity contribution in [2.75, 3.05) is 12.3 Å². The summed E-state index contributed by atoms with van der Waals surface area (Å²) in [6.45, 7) is 3.78. The van der Waals surface area contributed by atoms with Crippen molar-refractivity contribution in [1.82, 2.24) is 25.4 Å². The molecule has 116 valence electrons. The maximum Gasteiger partial charge on any atom is 0.321 e. The second kappa shape index (κ2) is 7.76. The number of hydrogen-bond donors (Lipinski definition) is 2. The van der Waals surface area contributed by atoms with Crippen LogP contribution < -0.4 is 10.6 Å². The third-order valence-corrected chi connectivity index (χ3v) is 4.45. The van der Waals surface area contributed by atoms with Crippen molar-refractivity contribution >= 4 is 35.0 Å². The first kappa shape index (κ1) is 16.2. The summed E-state index contributed by atoms with van der Waals surface area (Å²) in [7, 11) is 1.84. The Morgan fingerprint density at radius 3 is 3.00 bits per heavy atom. The number of imide groups is 1. The highest BCUT2D eigenvalue weighted by Crippen LogP contribution is 2.25. The molecule has 9 heteroatoms. The lowest BCUT2D eigenvalue weighted by molar-refractivity contribution is -0.117. The third kappa shape index (κ3) is 4.18. The van der Waals surface area contributed by atoms with Crippen LogP contribution >= 0.6 is 23.1 Å². The van der Waals surface area contributed by atoms with Crippen molar-refractivity contribution in [2.45, 2.75) is 5.16 Å². The predicted molar refractivity (Wildman–Crippen MR) is 86.8 cm³/mol. The molecular weight excluding hydrogens is 322 g/mol. The van der Waals surface area contributed by atoms with Gasteiger partial charge in [-0.25, -0.2) is 4.79 Å². The van der Waals surface area contributed by atoms with Crippen LogP contribution in [0, 0.1) is 0 Å². The average molecular weight is 337 g/mol. The van der Waals surface area contributed by atoms with E-state index in [1.54, 1.807) is 11.3 Å². The molecule has 0 aliphatic carbocycles. The smallest absolute Gasteiger partial charge is 0.321 e. The van der Waals surface area contributed by atoms with Crippen molar-refractivity contribution in [3.05, 3.63) is 30.2 Å². The maximum absolute atomic E-state index is 11.7. The highest BCUT2D eigenvalue weighted by Gasteiger charge is 2.14. The summed E-state index contributed by atoms with van der Waals surface area (Å²) in [4.78, 5) is 24.0. The first-order chi connectivity index (χ1) is 10.6. The minimum atomic E-state index is -0.539. The van der Waals surface area contributed by atoms with Gasteiger partial charge in [-0.1, -0.05) is 23.9 Å². The largest absolute Gasteiger partial charge is 0.334 e. The topological polar surface area (TPSA) is 88.9 Å². The first-order valence-corrected chi connectivity index (χ1v) is 8.23. The Kier molecular flexibility index (Phi) is 5.73. The molecule has 0 bridgehead atoms. The molecule has 2 heterocycles. The molecule has 0 aliphatic rings. The van der Waals surface area contributed by atoms with Gasteiger partial charge in [-0.05, 0) is 11.4 Å². The molecule has 2 rings (SSSR count). The van der Waals surface area contributed by atoms with Crippen LogP contribution in [0.3, 0.4) is 0 Å². The van der Waals surface area contributed by atoms with Crippen molar-refractivity contribution in [3.8, 4) is 10.7 Å². The van der Waals surface area contributed by atoms with Gasteiger partial charge in [0.15, 0.2) is 11.0 Å². The number of carbonyl (C=O) groups is 2. The van der Waals surface area contributed by atoms with E-state index in [0.717, 1.165) is 10.7 Å². The summed E-state index contributed by atoms with van der Waals surface area (Å²) in [5.41, 5.74) is 0. The Labute approximate surface area is 135 Å². The SMILES string of the molecule is C=CCNC(=O)NC(=O)CSc1nnc(-c2cccs2)n1C. The van der Waals surface area contributed by atoms with E-state index in [9.17, 15) is 9.59 Å². The number of thioether (sulfide) groups is 1. The molecule has 7 nitrogen and oxygen atoms in total. The fraction of sp³-hybridized carbons (Fsp3) is 0.231. The summed E-state index contributed by atoms with van der Waals surface area (Å²) in [6.07, 6.45) is 1.53. The van der Waals surface area contributed by atoms with Crippen molar-refractivity contribution in [1.29, 1.82) is 0 Å². The van der Waals surface area contributed by atoms with Crippen LogP contribution in [-0.4, -0.2) is 39.0 Å². The Hall–Kier alpha value is -2.13. The molecule has 0 saturated heterocycles. The highest BCUT2D eigenvalue weighted by atomic mass is 32.2. The van der Waals surface area contributed by atoms with E-state index >= 15 is 0 Å². The van der Waals surface area contributed by atoms with Crippen LogP contribution in [0.4, 0.5) is 4.79 Å². The number of nitrogens with one attached hydrogen (secondary N) is 2. The fourth-order valence-electron chi connectivity index (χ4n) is 1.56. The molecule has 0 aliphatic heterocycles. The molecule has 0 fully saturated rings. The van der Waals surface area contributed by atoms with E-state index in [2.05, 4.69) is 27.4 Å². The fourth-order valence-corrected chi connectivity index (χ4v) is 3.02. The zero-order chi connectivity index (χ0) is 15.9. The summed E-state index contributed by atoms with van der Waals surface area (Å²) < 4.78 is 1.82. The maximum atomic E-state index is 11.7. The summed E-state index contributed by atoms with van der Waals surface area (Å²) in [5, 5.41) is 15.5. The van der Waals surface area contributed by atoms with Crippen LogP contribution in [0.2, 0.25) is 0 Å². The number of thiophene rings is 1. The number of rotatable bonds is 6. The number of amides is 3. The number of carbonyl (C=O) groups excluding carboxylic acids is 2. The van der Waals surface area contributed by atoms with Gasteiger partial charge in [-0.2, -0.15) is 0 Å². The van der Waals surface area contributed by atoms with Gasteiger partial charge in [0.1, 0.15) is 0 Å². The Morgan fingerprint density at radius 1 is 1.50 bits per heavy atom. The number of urea groups is 1. The number of nitrogens with zero attached hydrogens (tertiary/aromatic N) is 3. The lowest BCUT2D eigenvalue weighted by atomic mass is 10.4. The van der Waals surface area contributed by atoms with Crippen molar-refractivity contribution < 1.29 is 9.59 Å². The standard InChI is InChI=1S/C13H15N5O2S2/c1-3-6-14-12(20)15-10(19)8-22-13-17-16-11(18(13)2)9-5-4-7-21-9/h3-5,7H,1,6,8H2,2H3,(H2,14,15,19,20). The predicted octanol–water partition coefficient (Wildman–Crippen LogP) is 1.65. The lowest BCUT2D eigenvalue weighted by Crippen LogP contribution is -2.40. The van der Waals surface area contributed by atoms with E-state index in [-0.39, 0.29) is 5.75 Å². The molecule has 2 N–H and O–H groups in total. The second-order valence-corrected chi connectivity index (χ2v) is 6.07. The highest BCUT2D eigenvalue weighted by molar-refractivity contribution is 7.99. The van der Waals surface area contributed by atoms with Gasteiger partial charge in [0, 0.05) is 13.6 Å². The minimum absolute atomic E-state index is 0.0813. The molecule has 0 atom stereocenters. The zero-order valence-corrected chi connectivity index (χ0v) is 13.5. The van der Waals surface area contributed by atoms with Crippen LogP contribution in [0.1, 0.15) is 0 Å². The van der Waals surface area contributed by atoms with E-state index < -0.39 is 11.9 Å². The number of aromatic nitrogens is 3. The minimum Gasteiger partial charge on any atom is -0.334 e. The van der Waals surface area contributed by atoms with Crippen LogP contribution in [0.25, 0.3) is 10.7 Å². The molecule has 3 amide bonds. The molecule has 0 unspecified atom stereocenters. The van der Waals surface area contributed by atoms with E-state index in [1.165, 1.54) is 17.8 Å². The van der Waals surface area contributed by atoms with Crippen molar-refractivity contribution in [2.24, 2.45) is 7.05 Å². The van der Waals surface area contributed by atoms with Gasteiger partial charge in [0.2, 0.25) is 5.91 Å². The quantitative estimate of drug-likeness (QED) is 0.618. The van der Waals surface area contributed by atoms with Gasteiger partial charge >= 0.3 is 6.03 Å². The van der Waals surface area contributed by atoms with E-state index in [0.29, 0.717) is 11.7 Å². The lowest BCUT2D eigenvalue weighted by Gasteiger charge is -2.05. The second-order valence-electron chi connectivity index (χ2n) is 4.18. The third-order valence-electron chi connectivity index (χ3n) is 2.57. The van der Waals surface area contributed by atoms with Gasteiger partial charge in [0.05, 0.1) is 10.6 Å². The first-order valence-electron chi connectivity index (χ1n) is 6.36. The Bertz CT molecular complexity index is 666. The molecular formula is C13H15N5O2S2. The summed E-state index contributed by atoms with van der Waals surface area (Å²) >= 11 is 2.79. The Balaban J connectivity index is 1.88. The molecule has 22 heavy (non-hydrogen) atoms. The van der Waals surface area contributed by atoms with E-state index in [1.807, 2.05) is 29.1 Å². The molecule has 0 spiro atoms. The van der Waals surface area contributed by atoms with Crippen LogP contribution in [-0.2, 0) is 11.8 Å². The van der Waals surface area contributed by atoms with Gasteiger partial charge in [-0.15, -0.1) is 28.1 Å².